The second-order valence-corrected chi connectivity index (χ2v) is 6.49. The van der Waals surface area contributed by atoms with Gasteiger partial charge in [0.15, 0.2) is 0 Å². The minimum atomic E-state index is -0.525. The van der Waals surface area contributed by atoms with E-state index in [4.69, 9.17) is 5.73 Å². The molecule has 0 saturated carbocycles. The van der Waals surface area contributed by atoms with Crippen molar-refractivity contribution in [2.24, 2.45) is 12.8 Å². The Morgan fingerprint density at radius 2 is 1.88 bits per heavy atom. The number of benzene rings is 1. The number of aryl methyl sites for hydroxylation is 1. The van der Waals surface area contributed by atoms with Crippen molar-refractivity contribution in [3.63, 3.8) is 0 Å². The lowest BCUT2D eigenvalue weighted by atomic mass is 9.78. The van der Waals surface area contributed by atoms with Gasteiger partial charge in [-0.2, -0.15) is 0 Å². The molecule has 24 heavy (non-hydrogen) atoms. The van der Waals surface area contributed by atoms with Gasteiger partial charge in [0.05, 0.1) is 5.56 Å². The van der Waals surface area contributed by atoms with Gasteiger partial charge in [-0.3, -0.25) is 9.59 Å². The van der Waals surface area contributed by atoms with Crippen molar-refractivity contribution < 1.29 is 9.59 Å². The number of fused-ring (bicyclic) bond motifs is 1. The standard InChI is InChI=1S/C19H23N3O2/c1-4-19(5-2)12-22(15-9-7-6-8-14(15)19)18(24)16-10-13(17(20)23)11-21(16)3/h6-11H,4-5,12H2,1-3H3,(H2,20,23). The summed E-state index contributed by atoms with van der Waals surface area (Å²) >= 11 is 0. The normalized spacial score (nSPS) is 15.4. The van der Waals surface area contributed by atoms with E-state index in [-0.39, 0.29) is 11.3 Å². The molecule has 0 radical (unpaired) electrons. The molecule has 0 unspecified atom stereocenters. The van der Waals surface area contributed by atoms with Crippen LogP contribution in [0.15, 0.2) is 36.5 Å². The summed E-state index contributed by atoms with van der Waals surface area (Å²) in [6, 6.07) is 9.68. The topological polar surface area (TPSA) is 68.3 Å². The third-order valence-electron chi connectivity index (χ3n) is 5.33. The minimum absolute atomic E-state index is 0.00999. The maximum atomic E-state index is 13.1. The van der Waals surface area contributed by atoms with Crippen molar-refractivity contribution in [2.45, 2.75) is 32.1 Å². The van der Waals surface area contributed by atoms with Crippen LogP contribution in [0.2, 0.25) is 0 Å². The zero-order valence-electron chi connectivity index (χ0n) is 14.4. The van der Waals surface area contributed by atoms with E-state index >= 15 is 0 Å². The first-order valence-corrected chi connectivity index (χ1v) is 8.31. The largest absolute Gasteiger partial charge is 0.366 e. The molecule has 1 aromatic heterocycles. The fraction of sp³-hybridized carbons (Fsp3) is 0.368. The number of primary amides is 1. The van der Waals surface area contributed by atoms with Crippen molar-refractivity contribution in [1.82, 2.24) is 4.57 Å². The van der Waals surface area contributed by atoms with Crippen LogP contribution in [0, 0.1) is 0 Å². The quantitative estimate of drug-likeness (QED) is 0.939. The highest BCUT2D eigenvalue weighted by atomic mass is 16.2. The molecule has 2 aromatic rings. The molecular weight excluding hydrogens is 302 g/mol. The molecule has 2 amide bonds. The molecule has 0 saturated heterocycles. The van der Waals surface area contributed by atoms with Crippen molar-refractivity contribution in [3.05, 3.63) is 53.3 Å². The average Bonchev–Trinajstić information content (AvgIpc) is 3.13. The van der Waals surface area contributed by atoms with E-state index in [2.05, 4.69) is 19.9 Å². The van der Waals surface area contributed by atoms with Crippen molar-refractivity contribution in [1.29, 1.82) is 0 Å². The zero-order chi connectivity index (χ0) is 17.5. The van der Waals surface area contributed by atoms with E-state index in [1.165, 1.54) is 5.56 Å². The lowest BCUT2D eigenvalue weighted by molar-refractivity contribution is 0.0975. The summed E-state index contributed by atoms with van der Waals surface area (Å²) < 4.78 is 1.67. The van der Waals surface area contributed by atoms with Crippen LogP contribution >= 0.6 is 0 Å². The second-order valence-electron chi connectivity index (χ2n) is 6.49. The Morgan fingerprint density at radius 1 is 1.21 bits per heavy atom. The monoisotopic (exact) mass is 325 g/mol. The lowest BCUT2D eigenvalue weighted by Crippen LogP contribution is -2.37. The van der Waals surface area contributed by atoms with E-state index < -0.39 is 5.91 Å². The van der Waals surface area contributed by atoms with E-state index in [0.717, 1.165) is 18.5 Å². The van der Waals surface area contributed by atoms with Gasteiger partial charge in [-0.15, -0.1) is 0 Å². The first kappa shape index (κ1) is 16.3. The molecule has 1 aliphatic heterocycles. The Morgan fingerprint density at radius 3 is 2.46 bits per heavy atom. The van der Waals surface area contributed by atoms with Gasteiger partial charge < -0.3 is 15.2 Å². The predicted octanol–water partition coefficient (Wildman–Crippen LogP) is 2.84. The van der Waals surface area contributed by atoms with Crippen LogP contribution in [0.5, 0.6) is 0 Å². The fourth-order valence-corrected chi connectivity index (χ4v) is 3.72. The maximum absolute atomic E-state index is 13.1. The summed E-state index contributed by atoms with van der Waals surface area (Å²) in [6.07, 6.45) is 3.55. The number of para-hydroxylation sites is 1. The number of hydrogen-bond donors (Lipinski definition) is 1. The zero-order valence-corrected chi connectivity index (χ0v) is 14.4. The Bertz CT molecular complexity index is 803. The fourth-order valence-electron chi connectivity index (χ4n) is 3.72. The number of anilines is 1. The molecule has 1 aliphatic rings. The van der Waals surface area contributed by atoms with Crippen molar-refractivity contribution >= 4 is 17.5 Å². The van der Waals surface area contributed by atoms with Gasteiger partial charge in [0.2, 0.25) is 5.91 Å². The molecule has 0 spiro atoms. The molecule has 0 aliphatic carbocycles. The van der Waals surface area contributed by atoms with Gasteiger partial charge in [0.25, 0.3) is 5.91 Å². The number of nitrogens with zero attached hydrogens (tertiary/aromatic N) is 2. The Kier molecular flexibility index (Phi) is 3.95. The Hall–Kier alpha value is -2.56. The SMILES string of the molecule is CCC1(CC)CN(C(=O)c2cc(C(N)=O)cn2C)c2ccccc21. The average molecular weight is 325 g/mol. The first-order valence-electron chi connectivity index (χ1n) is 8.31. The molecule has 5 nitrogen and oxygen atoms in total. The van der Waals surface area contributed by atoms with E-state index in [0.29, 0.717) is 17.8 Å². The lowest BCUT2D eigenvalue weighted by Gasteiger charge is -2.27. The smallest absolute Gasteiger partial charge is 0.274 e. The molecule has 0 fully saturated rings. The van der Waals surface area contributed by atoms with Crippen molar-refractivity contribution in [3.8, 4) is 0 Å². The van der Waals surface area contributed by atoms with Crippen LogP contribution in [0.4, 0.5) is 5.69 Å². The van der Waals surface area contributed by atoms with Crippen molar-refractivity contribution in [2.75, 3.05) is 11.4 Å². The number of nitrogens with two attached hydrogens (primary N) is 1. The van der Waals surface area contributed by atoms with Crippen LogP contribution < -0.4 is 10.6 Å². The van der Waals surface area contributed by atoms with Crippen LogP contribution in [-0.2, 0) is 12.5 Å². The molecule has 2 N–H and O–H groups in total. The van der Waals surface area contributed by atoms with Gasteiger partial charge >= 0.3 is 0 Å². The molecule has 5 heteroatoms. The summed E-state index contributed by atoms with van der Waals surface area (Å²) in [5.41, 5.74) is 8.35. The number of carbonyl (C=O) groups is 2. The Labute approximate surface area is 142 Å². The predicted molar refractivity (Wildman–Crippen MR) is 94.3 cm³/mol. The molecule has 3 rings (SSSR count). The Balaban J connectivity index is 2.04. The summed E-state index contributed by atoms with van der Waals surface area (Å²) in [7, 11) is 1.76. The number of carbonyl (C=O) groups excluding carboxylic acids is 2. The van der Waals surface area contributed by atoms with Gasteiger partial charge in [-0.1, -0.05) is 32.0 Å². The second kappa shape index (κ2) is 5.82. The molecule has 2 heterocycles. The first-order chi connectivity index (χ1) is 11.4. The van der Waals surface area contributed by atoms with E-state index in [1.54, 1.807) is 23.9 Å². The number of aromatic nitrogens is 1. The molecule has 126 valence electrons. The van der Waals surface area contributed by atoms with Crippen LogP contribution in [0.1, 0.15) is 53.1 Å². The summed E-state index contributed by atoms with van der Waals surface area (Å²) in [5.74, 6) is -0.621. The number of amides is 2. The van der Waals surface area contributed by atoms with Gasteiger partial charge in [0, 0.05) is 30.9 Å². The van der Waals surface area contributed by atoms with Gasteiger partial charge in [0.1, 0.15) is 5.69 Å². The van der Waals surface area contributed by atoms with Gasteiger partial charge in [-0.25, -0.2) is 0 Å². The number of rotatable bonds is 4. The maximum Gasteiger partial charge on any atom is 0.274 e. The van der Waals surface area contributed by atoms with E-state index in [9.17, 15) is 9.59 Å². The highest BCUT2D eigenvalue weighted by molar-refractivity contribution is 6.08. The highest BCUT2D eigenvalue weighted by Crippen LogP contribution is 2.45. The number of hydrogen-bond acceptors (Lipinski definition) is 2. The van der Waals surface area contributed by atoms with Crippen LogP contribution in [-0.4, -0.2) is 22.9 Å². The highest BCUT2D eigenvalue weighted by Gasteiger charge is 2.42. The van der Waals surface area contributed by atoms with Gasteiger partial charge in [-0.05, 0) is 30.5 Å². The molecule has 0 atom stereocenters. The van der Waals surface area contributed by atoms with Crippen LogP contribution in [0.3, 0.4) is 0 Å². The summed E-state index contributed by atoms with van der Waals surface area (Å²) in [6.45, 7) is 5.00. The summed E-state index contributed by atoms with van der Waals surface area (Å²) in [5, 5.41) is 0. The van der Waals surface area contributed by atoms with E-state index in [1.807, 2.05) is 23.1 Å². The minimum Gasteiger partial charge on any atom is -0.366 e. The molecular formula is C19H23N3O2. The summed E-state index contributed by atoms with van der Waals surface area (Å²) in [4.78, 5) is 26.4. The van der Waals surface area contributed by atoms with Crippen LogP contribution in [0.25, 0.3) is 0 Å². The third-order valence-corrected chi connectivity index (χ3v) is 5.33. The molecule has 0 bridgehead atoms. The molecule has 1 aromatic carbocycles. The third kappa shape index (κ3) is 2.31.